The molecule has 0 spiro atoms. The number of aliphatic hydroxyl groups excluding tert-OH is 4. The molecule has 0 aromatic rings. The van der Waals surface area contributed by atoms with E-state index < -0.39 is 48.8 Å². The van der Waals surface area contributed by atoms with Gasteiger partial charge in [-0.25, -0.2) is 4.79 Å². The third kappa shape index (κ3) is 3.92. The second-order valence-corrected chi connectivity index (χ2v) is 4.86. The highest BCUT2D eigenvalue weighted by atomic mass is 16.5. The molecule has 1 heterocycles. The summed E-state index contributed by atoms with van der Waals surface area (Å²) >= 11 is 0. The summed E-state index contributed by atoms with van der Waals surface area (Å²) in [6.45, 7) is 4.07. The SMILES string of the molecule is CCN(CC)[C@H]1[C@H]([C@H](O)[C@H](O)CO)OC(C(=O)O)=C[C@@H]1O. The van der Waals surface area contributed by atoms with Crippen molar-refractivity contribution in [3.63, 3.8) is 0 Å². The van der Waals surface area contributed by atoms with Gasteiger partial charge >= 0.3 is 5.97 Å². The van der Waals surface area contributed by atoms with Crippen LogP contribution in [-0.2, 0) is 9.53 Å². The van der Waals surface area contributed by atoms with Crippen LogP contribution in [0.5, 0.6) is 0 Å². The molecular weight excluding hydrogens is 282 g/mol. The average Bonchev–Trinajstić information content (AvgIpc) is 2.47. The summed E-state index contributed by atoms with van der Waals surface area (Å²) in [7, 11) is 0. The van der Waals surface area contributed by atoms with Crippen LogP contribution in [0.2, 0.25) is 0 Å². The van der Waals surface area contributed by atoms with E-state index in [1.54, 1.807) is 4.90 Å². The minimum Gasteiger partial charge on any atom is -0.479 e. The molecule has 0 aliphatic carbocycles. The van der Waals surface area contributed by atoms with Crippen molar-refractivity contribution < 1.29 is 35.1 Å². The molecule has 122 valence electrons. The maximum Gasteiger partial charge on any atom is 0.370 e. The molecule has 1 aliphatic heterocycles. The number of carboxylic acids is 1. The van der Waals surface area contributed by atoms with Gasteiger partial charge in [-0.15, -0.1) is 0 Å². The minimum atomic E-state index is -1.53. The van der Waals surface area contributed by atoms with Gasteiger partial charge in [-0.2, -0.15) is 0 Å². The van der Waals surface area contributed by atoms with E-state index in [9.17, 15) is 20.1 Å². The van der Waals surface area contributed by atoms with Crippen LogP contribution in [0.3, 0.4) is 0 Å². The standard InChI is InChI=1S/C13H23NO7/c1-3-14(4-2)10-7(16)5-9(13(19)20)21-12(10)11(18)8(17)6-15/h5,7-8,10-12,15-18H,3-4,6H2,1-2H3,(H,19,20)/t7-,8+,10+,11+,12+/m0/s1. The summed E-state index contributed by atoms with van der Waals surface area (Å²) in [5.74, 6) is -1.86. The first-order valence-electron chi connectivity index (χ1n) is 6.88. The first-order chi connectivity index (χ1) is 9.87. The Kier molecular flexibility index (Phi) is 6.56. The van der Waals surface area contributed by atoms with E-state index in [0.29, 0.717) is 13.1 Å². The molecule has 0 aromatic carbocycles. The fourth-order valence-corrected chi connectivity index (χ4v) is 2.49. The van der Waals surface area contributed by atoms with Crippen molar-refractivity contribution in [3.8, 4) is 0 Å². The molecule has 21 heavy (non-hydrogen) atoms. The van der Waals surface area contributed by atoms with Gasteiger partial charge in [0.1, 0.15) is 18.3 Å². The Labute approximate surface area is 122 Å². The van der Waals surface area contributed by atoms with Crippen molar-refractivity contribution in [1.29, 1.82) is 0 Å². The first kappa shape index (κ1) is 17.9. The average molecular weight is 305 g/mol. The van der Waals surface area contributed by atoms with Crippen LogP contribution in [-0.4, -0.2) is 86.6 Å². The van der Waals surface area contributed by atoms with Crippen LogP contribution in [0, 0.1) is 0 Å². The normalized spacial score (nSPS) is 28.7. The van der Waals surface area contributed by atoms with Gasteiger partial charge in [0.05, 0.1) is 18.8 Å². The molecule has 1 rings (SSSR count). The molecule has 5 atom stereocenters. The predicted molar refractivity (Wildman–Crippen MR) is 72.4 cm³/mol. The molecule has 0 saturated heterocycles. The van der Waals surface area contributed by atoms with Crippen LogP contribution in [0.1, 0.15) is 13.8 Å². The lowest BCUT2D eigenvalue weighted by atomic mass is 9.92. The highest BCUT2D eigenvalue weighted by Gasteiger charge is 2.44. The third-order valence-corrected chi connectivity index (χ3v) is 3.63. The smallest absolute Gasteiger partial charge is 0.370 e. The van der Waals surface area contributed by atoms with E-state index in [0.717, 1.165) is 6.08 Å². The number of carboxylic acid groups (broad SMARTS) is 1. The number of carbonyl (C=O) groups is 1. The molecule has 8 heteroatoms. The van der Waals surface area contributed by atoms with E-state index in [1.807, 2.05) is 13.8 Å². The molecule has 0 aromatic heterocycles. The Morgan fingerprint density at radius 2 is 1.95 bits per heavy atom. The lowest BCUT2D eigenvalue weighted by molar-refractivity contribution is -0.155. The van der Waals surface area contributed by atoms with Gasteiger partial charge in [0.15, 0.2) is 0 Å². The Morgan fingerprint density at radius 3 is 2.38 bits per heavy atom. The number of rotatable bonds is 7. The van der Waals surface area contributed by atoms with Gasteiger partial charge in [-0.3, -0.25) is 4.90 Å². The zero-order chi connectivity index (χ0) is 16.2. The highest BCUT2D eigenvalue weighted by Crippen LogP contribution is 2.26. The zero-order valence-electron chi connectivity index (χ0n) is 12.1. The molecular formula is C13H23NO7. The van der Waals surface area contributed by atoms with Crippen LogP contribution >= 0.6 is 0 Å². The van der Waals surface area contributed by atoms with E-state index in [1.165, 1.54) is 0 Å². The summed E-state index contributed by atoms with van der Waals surface area (Å²) in [6, 6.07) is -0.723. The van der Waals surface area contributed by atoms with Crippen molar-refractivity contribution in [2.45, 2.75) is 44.3 Å². The number of aliphatic hydroxyl groups is 4. The molecule has 5 N–H and O–H groups in total. The van der Waals surface area contributed by atoms with Gasteiger partial charge in [-0.1, -0.05) is 13.8 Å². The molecule has 0 amide bonds. The molecule has 0 radical (unpaired) electrons. The van der Waals surface area contributed by atoms with Gasteiger partial charge in [0.2, 0.25) is 5.76 Å². The lowest BCUT2D eigenvalue weighted by Gasteiger charge is -2.43. The summed E-state index contributed by atoms with van der Waals surface area (Å²) in [5.41, 5.74) is 0. The van der Waals surface area contributed by atoms with Crippen molar-refractivity contribution in [2.24, 2.45) is 0 Å². The number of nitrogens with zero attached hydrogens (tertiary/aromatic N) is 1. The number of hydrogen-bond donors (Lipinski definition) is 5. The quantitative estimate of drug-likeness (QED) is 0.370. The van der Waals surface area contributed by atoms with Gasteiger partial charge in [-0.05, 0) is 19.2 Å². The second kappa shape index (κ2) is 7.71. The first-order valence-corrected chi connectivity index (χ1v) is 6.88. The Hall–Kier alpha value is -1.19. The molecule has 0 fully saturated rings. The number of ether oxygens (including phenoxy) is 1. The predicted octanol–water partition coefficient (Wildman–Crippen LogP) is -1.86. The van der Waals surface area contributed by atoms with Gasteiger partial charge in [0.25, 0.3) is 0 Å². The third-order valence-electron chi connectivity index (χ3n) is 3.63. The number of hydrogen-bond acceptors (Lipinski definition) is 7. The summed E-state index contributed by atoms with van der Waals surface area (Å²) in [5, 5.41) is 47.8. The van der Waals surface area contributed by atoms with Crippen molar-refractivity contribution in [2.75, 3.05) is 19.7 Å². The molecule has 0 unspecified atom stereocenters. The maximum absolute atomic E-state index is 11.0. The van der Waals surface area contributed by atoms with E-state index in [-0.39, 0.29) is 0 Å². The minimum absolute atomic E-state index is 0.486. The Bertz CT molecular complexity index is 383. The van der Waals surface area contributed by atoms with Crippen molar-refractivity contribution in [1.82, 2.24) is 4.90 Å². The summed E-state index contributed by atoms with van der Waals surface area (Å²) in [4.78, 5) is 12.8. The Balaban J connectivity index is 3.12. The zero-order valence-corrected chi connectivity index (χ0v) is 12.1. The monoisotopic (exact) mass is 305 g/mol. The molecule has 0 saturated carbocycles. The Morgan fingerprint density at radius 1 is 1.38 bits per heavy atom. The lowest BCUT2D eigenvalue weighted by Crippen LogP contribution is -2.60. The topological polar surface area (TPSA) is 131 Å². The number of aliphatic carboxylic acids is 1. The van der Waals surface area contributed by atoms with Crippen LogP contribution in [0.25, 0.3) is 0 Å². The van der Waals surface area contributed by atoms with Crippen LogP contribution in [0.15, 0.2) is 11.8 Å². The van der Waals surface area contributed by atoms with Crippen LogP contribution in [0.4, 0.5) is 0 Å². The fraction of sp³-hybridized carbons (Fsp3) is 0.769. The van der Waals surface area contributed by atoms with E-state index in [2.05, 4.69) is 0 Å². The summed E-state index contributed by atoms with van der Waals surface area (Å²) < 4.78 is 5.24. The van der Waals surface area contributed by atoms with Crippen molar-refractivity contribution >= 4 is 5.97 Å². The largest absolute Gasteiger partial charge is 0.479 e. The van der Waals surface area contributed by atoms with Crippen molar-refractivity contribution in [3.05, 3.63) is 11.8 Å². The van der Waals surface area contributed by atoms with Gasteiger partial charge < -0.3 is 30.3 Å². The fourth-order valence-electron chi connectivity index (χ4n) is 2.49. The molecule has 8 nitrogen and oxygen atoms in total. The molecule has 1 aliphatic rings. The van der Waals surface area contributed by atoms with E-state index in [4.69, 9.17) is 14.9 Å². The van der Waals surface area contributed by atoms with E-state index >= 15 is 0 Å². The highest BCUT2D eigenvalue weighted by molar-refractivity contribution is 5.84. The molecule has 0 bridgehead atoms. The van der Waals surface area contributed by atoms with Crippen LogP contribution < -0.4 is 0 Å². The number of likely N-dealkylation sites (N-methyl/N-ethyl adjacent to an activating group) is 1. The summed E-state index contributed by atoms with van der Waals surface area (Å²) in [6.07, 6.45) is -4.29. The maximum atomic E-state index is 11.0. The second-order valence-electron chi connectivity index (χ2n) is 4.86. The van der Waals surface area contributed by atoms with Gasteiger partial charge in [0, 0.05) is 0 Å².